The van der Waals surface area contributed by atoms with Gasteiger partial charge in [0, 0.05) is 12.1 Å². The fourth-order valence-electron chi connectivity index (χ4n) is 1.18. The quantitative estimate of drug-likeness (QED) is 0.726. The van der Waals surface area contributed by atoms with E-state index in [4.69, 9.17) is 0 Å². The molecule has 0 fully saturated rings. The summed E-state index contributed by atoms with van der Waals surface area (Å²) in [6.45, 7) is 4.25. The van der Waals surface area contributed by atoms with Gasteiger partial charge in [0.05, 0.1) is 6.33 Å². The number of rotatable bonds is 6. The van der Waals surface area contributed by atoms with E-state index in [1.54, 1.807) is 0 Å². The number of aromatic amines is 1. The van der Waals surface area contributed by atoms with Gasteiger partial charge in [0.15, 0.2) is 0 Å². The maximum absolute atomic E-state index is 11.0. The Hall–Kier alpha value is -0.970. The largest absolute Gasteiger partial charge is 0.367 e. The Morgan fingerprint density at radius 3 is 3.13 bits per heavy atom. The highest BCUT2D eigenvalue weighted by molar-refractivity contribution is 7.99. The van der Waals surface area contributed by atoms with Gasteiger partial charge in [-0.05, 0) is 24.9 Å². The van der Waals surface area contributed by atoms with E-state index < -0.39 is 0 Å². The molecule has 0 bridgehead atoms. The molecule has 0 aliphatic carbocycles. The van der Waals surface area contributed by atoms with Gasteiger partial charge in [0.25, 0.3) is 5.56 Å². The molecule has 1 heterocycles. The van der Waals surface area contributed by atoms with Gasteiger partial charge in [-0.2, -0.15) is 11.8 Å². The lowest BCUT2D eigenvalue weighted by Gasteiger charge is -2.13. The van der Waals surface area contributed by atoms with Crippen molar-refractivity contribution in [3.63, 3.8) is 0 Å². The monoisotopic (exact) mass is 227 g/mol. The van der Waals surface area contributed by atoms with Crippen molar-refractivity contribution in [1.29, 1.82) is 0 Å². The summed E-state index contributed by atoms with van der Waals surface area (Å²) in [5.74, 6) is 2.93. The van der Waals surface area contributed by atoms with Gasteiger partial charge in [-0.25, -0.2) is 4.98 Å². The summed E-state index contributed by atoms with van der Waals surface area (Å²) in [6.07, 6.45) is 2.49. The van der Waals surface area contributed by atoms with Crippen LogP contribution in [0.5, 0.6) is 0 Å². The number of hydrogen-bond acceptors (Lipinski definition) is 4. The molecule has 0 radical (unpaired) electrons. The number of anilines is 1. The SMILES string of the molecule is CCSCCC(C)Nc1cc(=O)[nH]cn1. The molecule has 0 spiro atoms. The van der Waals surface area contributed by atoms with Crippen LogP contribution in [0.2, 0.25) is 0 Å². The maximum atomic E-state index is 11.0. The van der Waals surface area contributed by atoms with Gasteiger partial charge in [-0.1, -0.05) is 6.92 Å². The minimum Gasteiger partial charge on any atom is -0.367 e. The summed E-state index contributed by atoms with van der Waals surface area (Å²) in [5.41, 5.74) is -0.123. The van der Waals surface area contributed by atoms with E-state index in [-0.39, 0.29) is 5.56 Å². The normalized spacial score (nSPS) is 12.4. The molecule has 1 atom stereocenters. The number of thioether (sulfide) groups is 1. The first-order valence-electron chi connectivity index (χ1n) is 5.11. The predicted octanol–water partition coefficient (Wildman–Crippen LogP) is 1.71. The fraction of sp³-hybridized carbons (Fsp3) is 0.600. The third-order valence-electron chi connectivity index (χ3n) is 1.97. The molecule has 0 saturated heterocycles. The molecule has 5 heteroatoms. The van der Waals surface area contributed by atoms with Crippen LogP contribution in [0.15, 0.2) is 17.2 Å². The molecular weight excluding hydrogens is 210 g/mol. The summed E-state index contributed by atoms with van der Waals surface area (Å²) >= 11 is 1.92. The Morgan fingerprint density at radius 2 is 2.47 bits per heavy atom. The van der Waals surface area contributed by atoms with Gasteiger partial charge >= 0.3 is 0 Å². The van der Waals surface area contributed by atoms with Gasteiger partial charge in [-0.15, -0.1) is 0 Å². The number of nitrogens with one attached hydrogen (secondary N) is 2. The molecule has 2 N–H and O–H groups in total. The molecule has 4 nitrogen and oxygen atoms in total. The van der Waals surface area contributed by atoms with E-state index >= 15 is 0 Å². The average Bonchev–Trinajstić information content (AvgIpc) is 2.18. The van der Waals surface area contributed by atoms with Crippen LogP contribution < -0.4 is 10.9 Å². The van der Waals surface area contributed by atoms with Crippen molar-refractivity contribution in [2.24, 2.45) is 0 Å². The average molecular weight is 227 g/mol. The summed E-state index contributed by atoms with van der Waals surface area (Å²) in [7, 11) is 0. The molecule has 1 aromatic rings. The smallest absolute Gasteiger partial charge is 0.252 e. The molecular formula is C10H17N3OS. The van der Waals surface area contributed by atoms with E-state index in [2.05, 4.69) is 29.1 Å². The van der Waals surface area contributed by atoms with E-state index in [1.165, 1.54) is 12.4 Å². The first-order valence-corrected chi connectivity index (χ1v) is 6.27. The minimum absolute atomic E-state index is 0.123. The van der Waals surface area contributed by atoms with Crippen LogP contribution in [0, 0.1) is 0 Å². The highest BCUT2D eigenvalue weighted by Crippen LogP contribution is 2.07. The number of hydrogen-bond donors (Lipinski definition) is 2. The van der Waals surface area contributed by atoms with Crippen LogP contribution in [0.4, 0.5) is 5.82 Å². The summed E-state index contributed by atoms with van der Waals surface area (Å²) < 4.78 is 0. The van der Waals surface area contributed by atoms with Gasteiger partial charge in [-0.3, -0.25) is 4.79 Å². The second-order valence-electron chi connectivity index (χ2n) is 3.33. The van der Waals surface area contributed by atoms with E-state index in [1.807, 2.05) is 11.8 Å². The highest BCUT2D eigenvalue weighted by Gasteiger charge is 2.02. The second kappa shape index (κ2) is 6.50. The van der Waals surface area contributed by atoms with Gasteiger partial charge in [0.1, 0.15) is 5.82 Å². The standard InChI is InChI=1S/C10H17N3OS/c1-3-15-5-4-8(2)13-9-6-10(14)12-7-11-9/h6-8H,3-5H2,1-2H3,(H2,11,12,13,14). The molecule has 1 aromatic heterocycles. The zero-order valence-electron chi connectivity index (χ0n) is 9.12. The number of aromatic nitrogens is 2. The predicted molar refractivity (Wildman–Crippen MR) is 65.6 cm³/mol. The Morgan fingerprint density at radius 1 is 1.67 bits per heavy atom. The van der Waals surface area contributed by atoms with Crippen LogP contribution in [0.1, 0.15) is 20.3 Å². The van der Waals surface area contributed by atoms with Crippen LogP contribution in [0.25, 0.3) is 0 Å². The van der Waals surface area contributed by atoms with Crippen molar-refractivity contribution in [1.82, 2.24) is 9.97 Å². The highest BCUT2D eigenvalue weighted by atomic mass is 32.2. The Balaban J connectivity index is 2.37. The number of nitrogens with zero attached hydrogens (tertiary/aromatic N) is 1. The molecule has 1 rings (SSSR count). The van der Waals surface area contributed by atoms with Gasteiger partial charge < -0.3 is 10.3 Å². The topological polar surface area (TPSA) is 57.8 Å². The van der Waals surface area contributed by atoms with Crippen molar-refractivity contribution in [2.75, 3.05) is 16.8 Å². The molecule has 0 aliphatic rings. The van der Waals surface area contributed by atoms with Crippen molar-refractivity contribution in [3.05, 3.63) is 22.7 Å². The zero-order chi connectivity index (χ0) is 11.1. The third kappa shape index (κ3) is 4.88. The fourth-order valence-corrected chi connectivity index (χ4v) is 1.99. The van der Waals surface area contributed by atoms with Crippen molar-refractivity contribution < 1.29 is 0 Å². The third-order valence-corrected chi connectivity index (χ3v) is 2.90. The Kier molecular flexibility index (Phi) is 5.25. The first kappa shape index (κ1) is 12.1. The molecule has 0 amide bonds. The molecule has 84 valence electrons. The molecule has 15 heavy (non-hydrogen) atoms. The summed E-state index contributed by atoms with van der Waals surface area (Å²) in [6, 6.07) is 1.82. The summed E-state index contributed by atoms with van der Waals surface area (Å²) in [4.78, 5) is 17.5. The van der Waals surface area contributed by atoms with E-state index in [9.17, 15) is 4.79 Å². The maximum Gasteiger partial charge on any atom is 0.252 e. The Labute approximate surface area is 93.9 Å². The molecule has 0 saturated carbocycles. The van der Waals surface area contributed by atoms with E-state index in [0.29, 0.717) is 11.9 Å². The second-order valence-corrected chi connectivity index (χ2v) is 4.72. The van der Waals surface area contributed by atoms with Crippen molar-refractivity contribution in [2.45, 2.75) is 26.3 Å². The minimum atomic E-state index is -0.123. The van der Waals surface area contributed by atoms with Crippen LogP contribution in [-0.2, 0) is 0 Å². The van der Waals surface area contributed by atoms with Crippen LogP contribution >= 0.6 is 11.8 Å². The summed E-state index contributed by atoms with van der Waals surface area (Å²) in [5, 5.41) is 3.20. The first-order chi connectivity index (χ1) is 7.22. The lowest BCUT2D eigenvalue weighted by Crippen LogP contribution is -2.18. The van der Waals surface area contributed by atoms with Crippen LogP contribution in [0.3, 0.4) is 0 Å². The molecule has 0 aliphatic heterocycles. The van der Waals surface area contributed by atoms with Crippen LogP contribution in [-0.4, -0.2) is 27.5 Å². The van der Waals surface area contributed by atoms with E-state index in [0.717, 1.165) is 17.9 Å². The lowest BCUT2D eigenvalue weighted by molar-refractivity contribution is 0.765. The zero-order valence-corrected chi connectivity index (χ0v) is 9.93. The Bertz CT molecular complexity index is 339. The number of H-pyrrole nitrogens is 1. The molecule has 0 aromatic carbocycles. The van der Waals surface area contributed by atoms with Crippen molar-refractivity contribution >= 4 is 17.6 Å². The molecule has 1 unspecified atom stereocenters. The van der Waals surface area contributed by atoms with Gasteiger partial charge in [0.2, 0.25) is 0 Å². The lowest BCUT2D eigenvalue weighted by atomic mass is 10.2. The van der Waals surface area contributed by atoms with Crippen molar-refractivity contribution in [3.8, 4) is 0 Å².